The number of nitrogens with zero attached hydrogens (tertiary/aromatic N) is 3. The molecular weight excluding hydrogens is 298 g/mol. The molecule has 0 N–H and O–H groups in total. The maximum Gasteiger partial charge on any atom is 0.439 e. The standard InChI is InChI=1S/C16H21N3O4/c1-10(2)22-14-17-19(16(21)23-11(3)4)15(20)18(14)13-8-6-7-12(5)9-13/h6-11H,1-5H3. The third-order valence-corrected chi connectivity index (χ3v) is 2.86. The van der Waals surface area contributed by atoms with Crippen LogP contribution in [0.15, 0.2) is 29.1 Å². The van der Waals surface area contributed by atoms with Gasteiger partial charge >= 0.3 is 17.8 Å². The lowest BCUT2D eigenvalue weighted by atomic mass is 10.2. The van der Waals surface area contributed by atoms with Crippen LogP contribution in [0, 0.1) is 6.92 Å². The number of aromatic nitrogens is 3. The summed E-state index contributed by atoms with van der Waals surface area (Å²) in [6.07, 6.45) is -1.38. The summed E-state index contributed by atoms with van der Waals surface area (Å²) >= 11 is 0. The predicted octanol–water partition coefficient (Wildman–Crippen LogP) is 2.52. The van der Waals surface area contributed by atoms with Gasteiger partial charge in [0.2, 0.25) is 0 Å². The van der Waals surface area contributed by atoms with E-state index in [1.165, 1.54) is 4.57 Å². The summed E-state index contributed by atoms with van der Waals surface area (Å²) < 4.78 is 12.6. The summed E-state index contributed by atoms with van der Waals surface area (Å²) in [6, 6.07) is 7.35. The molecule has 124 valence electrons. The summed E-state index contributed by atoms with van der Waals surface area (Å²) in [7, 11) is 0. The number of ether oxygens (including phenoxy) is 2. The van der Waals surface area contributed by atoms with Gasteiger partial charge in [0.15, 0.2) is 0 Å². The second-order valence-corrected chi connectivity index (χ2v) is 5.75. The second kappa shape index (κ2) is 6.68. The molecule has 0 unspecified atom stereocenters. The molecule has 1 aromatic heterocycles. The molecule has 0 radical (unpaired) electrons. The fourth-order valence-corrected chi connectivity index (χ4v) is 2.00. The molecular formula is C16H21N3O4. The number of benzene rings is 1. The number of aryl methyl sites for hydroxylation is 1. The first-order chi connectivity index (χ1) is 10.8. The quantitative estimate of drug-likeness (QED) is 0.865. The average Bonchev–Trinajstić information content (AvgIpc) is 2.74. The van der Waals surface area contributed by atoms with Gasteiger partial charge in [-0.3, -0.25) is 0 Å². The number of rotatable bonds is 4. The van der Waals surface area contributed by atoms with E-state index in [1.807, 2.05) is 39.0 Å². The Morgan fingerprint density at radius 3 is 2.43 bits per heavy atom. The first kappa shape index (κ1) is 16.8. The Bertz CT molecular complexity index is 759. The molecule has 0 amide bonds. The molecule has 0 saturated heterocycles. The van der Waals surface area contributed by atoms with E-state index in [0.29, 0.717) is 10.4 Å². The fraction of sp³-hybridized carbons (Fsp3) is 0.438. The van der Waals surface area contributed by atoms with E-state index in [2.05, 4.69) is 5.10 Å². The summed E-state index contributed by atoms with van der Waals surface area (Å²) in [5, 5.41) is 3.98. The molecule has 7 heteroatoms. The van der Waals surface area contributed by atoms with Gasteiger partial charge in [-0.05, 0) is 52.3 Å². The van der Waals surface area contributed by atoms with Crippen molar-refractivity contribution in [2.45, 2.75) is 46.8 Å². The van der Waals surface area contributed by atoms with Gasteiger partial charge in [-0.2, -0.15) is 0 Å². The monoisotopic (exact) mass is 319 g/mol. The molecule has 2 rings (SSSR count). The molecule has 7 nitrogen and oxygen atoms in total. The van der Waals surface area contributed by atoms with Crippen molar-refractivity contribution in [1.29, 1.82) is 0 Å². The van der Waals surface area contributed by atoms with Crippen molar-refractivity contribution in [3.8, 4) is 11.7 Å². The Labute approximate surface area is 134 Å². The molecule has 0 aliphatic heterocycles. The Balaban J connectivity index is 2.57. The van der Waals surface area contributed by atoms with Crippen molar-refractivity contribution in [2.75, 3.05) is 0 Å². The van der Waals surface area contributed by atoms with Gasteiger partial charge in [0, 0.05) is 0 Å². The minimum absolute atomic E-state index is 0.0521. The molecule has 0 bridgehead atoms. The Morgan fingerprint density at radius 1 is 1.17 bits per heavy atom. The van der Waals surface area contributed by atoms with Gasteiger partial charge in [0.25, 0.3) is 0 Å². The van der Waals surface area contributed by atoms with Gasteiger partial charge < -0.3 is 9.47 Å². The summed E-state index contributed by atoms with van der Waals surface area (Å²) in [5.74, 6) is 0. The zero-order valence-electron chi connectivity index (χ0n) is 13.9. The molecule has 0 aliphatic rings. The average molecular weight is 319 g/mol. The number of carbonyl (C=O) groups excluding carboxylic acids is 1. The van der Waals surface area contributed by atoms with E-state index in [-0.39, 0.29) is 18.2 Å². The lowest BCUT2D eigenvalue weighted by Gasteiger charge is -2.09. The van der Waals surface area contributed by atoms with Crippen LogP contribution >= 0.6 is 0 Å². The van der Waals surface area contributed by atoms with E-state index in [4.69, 9.17) is 9.47 Å². The Morgan fingerprint density at radius 2 is 1.87 bits per heavy atom. The second-order valence-electron chi connectivity index (χ2n) is 5.75. The highest BCUT2D eigenvalue weighted by molar-refractivity contribution is 5.69. The van der Waals surface area contributed by atoms with Crippen LogP contribution in [0.3, 0.4) is 0 Å². The van der Waals surface area contributed by atoms with Crippen LogP contribution in [0.2, 0.25) is 0 Å². The van der Waals surface area contributed by atoms with Gasteiger partial charge in [-0.15, -0.1) is 9.78 Å². The van der Waals surface area contributed by atoms with Crippen LogP contribution in [0.1, 0.15) is 33.3 Å². The molecule has 23 heavy (non-hydrogen) atoms. The van der Waals surface area contributed by atoms with Crippen molar-refractivity contribution < 1.29 is 14.3 Å². The zero-order valence-corrected chi connectivity index (χ0v) is 13.9. The van der Waals surface area contributed by atoms with Crippen LogP contribution in [-0.2, 0) is 4.74 Å². The molecule has 0 atom stereocenters. The van der Waals surface area contributed by atoms with Crippen LogP contribution in [0.4, 0.5) is 4.79 Å². The van der Waals surface area contributed by atoms with E-state index >= 15 is 0 Å². The Kier molecular flexibility index (Phi) is 4.88. The SMILES string of the molecule is Cc1cccc(-n2c(OC(C)C)nn(C(=O)OC(C)C)c2=O)c1. The summed E-state index contributed by atoms with van der Waals surface area (Å²) in [6.45, 7) is 8.94. The van der Waals surface area contributed by atoms with Gasteiger partial charge in [0.1, 0.15) is 0 Å². The van der Waals surface area contributed by atoms with Crippen molar-refractivity contribution in [3.63, 3.8) is 0 Å². The highest BCUT2D eigenvalue weighted by atomic mass is 16.6. The van der Waals surface area contributed by atoms with Crippen molar-refractivity contribution >= 4 is 6.09 Å². The third-order valence-electron chi connectivity index (χ3n) is 2.86. The van der Waals surface area contributed by atoms with E-state index in [1.54, 1.807) is 19.9 Å². The maximum atomic E-state index is 12.6. The van der Waals surface area contributed by atoms with E-state index in [0.717, 1.165) is 5.56 Å². The summed E-state index contributed by atoms with van der Waals surface area (Å²) in [4.78, 5) is 24.6. The first-order valence-electron chi connectivity index (χ1n) is 7.46. The van der Waals surface area contributed by atoms with Gasteiger partial charge in [-0.1, -0.05) is 12.1 Å². The number of hydrogen-bond donors (Lipinski definition) is 0. The highest BCUT2D eigenvalue weighted by Crippen LogP contribution is 2.16. The zero-order chi connectivity index (χ0) is 17.1. The predicted molar refractivity (Wildman–Crippen MR) is 85.3 cm³/mol. The van der Waals surface area contributed by atoms with Crippen LogP contribution in [0.25, 0.3) is 5.69 Å². The minimum atomic E-state index is -0.829. The van der Waals surface area contributed by atoms with E-state index < -0.39 is 11.8 Å². The van der Waals surface area contributed by atoms with Crippen LogP contribution in [0.5, 0.6) is 6.01 Å². The lowest BCUT2D eigenvalue weighted by molar-refractivity contribution is 0.112. The molecule has 0 aliphatic carbocycles. The Hall–Kier alpha value is -2.57. The third kappa shape index (κ3) is 3.80. The largest absolute Gasteiger partial charge is 0.461 e. The molecule has 2 aromatic rings. The van der Waals surface area contributed by atoms with Crippen LogP contribution < -0.4 is 10.4 Å². The van der Waals surface area contributed by atoms with E-state index in [9.17, 15) is 9.59 Å². The highest BCUT2D eigenvalue weighted by Gasteiger charge is 2.23. The smallest absolute Gasteiger partial charge is 0.439 e. The molecule has 0 spiro atoms. The van der Waals surface area contributed by atoms with Crippen molar-refractivity contribution in [1.82, 2.24) is 14.3 Å². The normalized spacial score (nSPS) is 11.1. The fourth-order valence-electron chi connectivity index (χ4n) is 2.00. The molecule has 1 aromatic carbocycles. The van der Waals surface area contributed by atoms with Crippen LogP contribution in [-0.4, -0.2) is 32.6 Å². The van der Waals surface area contributed by atoms with Gasteiger partial charge in [0.05, 0.1) is 17.9 Å². The summed E-state index contributed by atoms with van der Waals surface area (Å²) in [5.41, 5.74) is 0.925. The number of carbonyl (C=O) groups is 1. The van der Waals surface area contributed by atoms with Crippen molar-refractivity contribution in [3.05, 3.63) is 40.3 Å². The first-order valence-corrected chi connectivity index (χ1v) is 7.46. The minimum Gasteiger partial charge on any atom is -0.461 e. The number of hydrogen-bond acceptors (Lipinski definition) is 5. The molecule has 0 fully saturated rings. The molecule has 0 saturated carbocycles. The van der Waals surface area contributed by atoms with Gasteiger partial charge in [-0.25, -0.2) is 14.2 Å². The molecule has 1 heterocycles. The lowest BCUT2D eigenvalue weighted by Crippen LogP contribution is -2.31. The maximum absolute atomic E-state index is 12.6. The topological polar surface area (TPSA) is 75.3 Å². The van der Waals surface area contributed by atoms with Crippen molar-refractivity contribution in [2.24, 2.45) is 0 Å².